The number of ketones is 1. The first kappa shape index (κ1) is 13.5. The van der Waals surface area contributed by atoms with Gasteiger partial charge in [-0.3, -0.25) is 9.69 Å². The second kappa shape index (κ2) is 6.31. The van der Waals surface area contributed by atoms with Crippen molar-refractivity contribution in [3.8, 4) is 0 Å². The van der Waals surface area contributed by atoms with E-state index < -0.39 is 0 Å². The molecule has 0 unspecified atom stereocenters. The number of morpholine rings is 1. The summed E-state index contributed by atoms with van der Waals surface area (Å²) in [4.78, 5) is 14.2. The molecule has 4 nitrogen and oxygen atoms in total. The van der Waals surface area contributed by atoms with Gasteiger partial charge in [0.15, 0.2) is 11.5 Å². The minimum atomic E-state index is 0.0145. The van der Waals surface area contributed by atoms with E-state index in [0.29, 0.717) is 25.4 Å². The zero-order valence-corrected chi connectivity index (χ0v) is 11.7. The van der Waals surface area contributed by atoms with Gasteiger partial charge in [0.2, 0.25) is 0 Å². The normalized spacial score (nSPS) is 20.8. The Labute approximate surface area is 115 Å². The van der Waals surface area contributed by atoms with Crippen molar-refractivity contribution in [3.63, 3.8) is 0 Å². The first-order valence-corrected chi connectivity index (χ1v) is 6.68. The molecule has 5 heteroatoms. The van der Waals surface area contributed by atoms with E-state index in [-0.39, 0.29) is 11.8 Å². The molecule has 0 aromatic carbocycles. The highest BCUT2D eigenvalue weighted by Crippen LogP contribution is 2.17. The first-order valence-electron chi connectivity index (χ1n) is 5.88. The van der Waals surface area contributed by atoms with Crippen molar-refractivity contribution in [3.05, 3.63) is 35.2 Å². The van der Waals surface area contributed by atoms with Crippen LogP contribution in [0.2, 0.25) is 0 Å². The summed E-state index contributed by atoms with van der Waals surface area (Å²) >= 11 is 3.36. The van der Waals surface area contributed by atoms with Crippen LogP contribution in [0.25, 0.3) is 0 Å². The van der Waals surface area contributed by atoms with E-state index in [1.54, 1.807) is 12.1 Å². The molecule has 1 atom stereocenters. The molecule has 0 aliphatic carbocycles. The lowest BCUT2D eigenvalue weighted by molar-refractivity contribution is -0.00351. The molecule has 0 spiro atoms. The van der Waals surface area contributed by atoms with Crippen LogP contribution in [0.5, 0.6) is 0 Å². The summed E-state index contributed by atoms with van der Waals surface area (Å²) < 4.78 is 11.5. The Kier molecular flexibility index (Phi) is 4.74. The number of hydrogen-bond acceptors (Lipinski definition) is 4. The largest absolute Gasteiger partial charge is 0.461 e. The quantitative estimate of drug-likeness (QED) is 0.783. The molecule has 1 saturated heterocycles. The molecule has 98 valence electrons. The summed E-state index contributed by atoms with van der Waals surface area (Å²) in [5.41, 5.74) is 0. The first-order chi connectivity index (χ1) is 8.66. The molecule has 18 heavy (non-hydrogen) atoms. The molecule has 1 fully saturated rings. The lowest BCUT2D eigenvalue weighted by Gasteiger charge is -2.34. The second-order valence-electron chi connectivity index (χ2n) is 4.32. The summed E-state index contributed by atoms with van der Waals surface area (Å²) in [7, 11) is 0. The number of ether oxygens (including phenoxy) is 1. The molecule has 0 amide bonds. The highest BCUT2D eigenvalue weighted by Gasteiger charge is 2.26. The Balaban J connectivity index is 1.97. The molecule has 2 heterocycles. The molecule has 0 saturated carbocycles. The third kappa shape index (κ3) is 3.54. The number of rotatable bonds is 5. The van der Waals surface area contributed by atoms with E-state index in [2.05, 4.69) is 27.4 Å². The zero-order valence-electron chi connectivity index (χ0n) is 10.1. The molecule has 1 aliphatic heterocycles. The number of nitrogens with zero attached hydrogens (tertiary/aromatic N) is 1. The summed E-state index contributed by atoms with van der Waals surface area (Å²) in [6.07, 6.45) is 1.93. The van der Waals surface area contributed by atoms with Crippen LogP contribution >= 0.6 is 15.9 Å². The van der Waals surface area contributed by atoms with Crippen LogP contribution in [-0.2, 0) is 4.74 Å². The molecule has 0 radical (unpaired) electrons. The number of furan rings is 1. The molecular weight excluding hydrogens is 298 g/mol. The fourth-order valence-corrected chi connectivity index (χ4v) is 2.38. The van der Waals surface area contributed by atoms with Crippen LogP contribution in [0.1, 0.15) is 17.0 Å². The highest BCUT2D eigenvalue weighted by molar-refractivity contribution is 9.11. The monoisotopic (exact) mass is 313 g/mol. The van der Waals surface area contributed by atoms with Crippen LogP contribution < -0.4 is 0 Å². The van der Waals surface area contributed by atoms with Gasteiger partial charge in [-0.05, 0) is 12.1 Å². The Morgan fingerprint density at radius 1 is 1.61 bits per heavy atom. The van der Waals surface area contributed by atoms with Crippen LogP contribution in [0.3, 0.4) is 0 Å². The van der Waals surface area contributed by atoms with Crippen LogP contribution in [0.4, 0.5) is 0 Å². The van der Waals surface area contributed by atoms with Gasteiger partial charge < -0.3 is 9.15 Å². The molecule has 1 aromatic heterocycles. The fourth-order valence-electron chi connectivity index (χ4n) is 2.06. The standard InChI is InChI=1S/C13H16BrNO3/c1-10(14)8-15-4-6-17-9-11(15)7-12(16)13-3-2-5-18-13/h2-3,5,11H,1,4,6-9H2/t11-/m1/s1. The lowest BCUT2D eigenvalue weighted by atomic mass is 10.1. The molecular formula is C13H16BrNO3. The van der Waals surface area contributed by atoms with Gasteiger partial charge in [0, 0.05) is 30.0 Å². The van der Waals surface area contributed by atoms with E-state index in [9.17, 15) is 4.79 Å². The zero-order chi connectivity index (χ0) is 13.0. The van der Waals surface area contributed by atoms with Gasteiger partial charge >= 0.3 is 0 Å². The Morgan fingerprint density at radius 3 is 3.11 bits per heavy atom. The van der Waals surface area contributed by atoms with Gasteiger partial charge in [-0.2, -0.15) is 0 Å². The average Bonchev–Trinajstić information content (AvgIpc) is 2.84. The SMILES string of the molecule is C=C(Br)CN1CCOC[C@H]1CC(=O)c1ccco1. The fraction of sp³-hybridized carbons (Fsp3) is 0.462. The maximum atomic E-state index is 12.0. The van der Waals surface area contributed by atoms with Crippen molar-refractivity contribution in [2.24, 2.45) is 0 Å². The highest BCUT2D eigenvalue weighted by atomic mass is 79.9. The minimum absolute atomic E-state index is 0.0145. The van der Waals surface area contributed by atoms with E-state index in [4.69, 9.17) is 9.15 Å². The van der Waals surface area contributed by atoms with Gasteiger partial charge in [0.1, 0.15) is 0 Å². The average molecular weight is 314 g/mol. The van der Waals surface area contributed by atoms with Crippen molar-refractivity contribution in [2.45, 2.75) is 12.5 Å². The van der Waals surface area contributed by atoms with E-state index in [1.165, 1.54) is 6.26 Å². The van der Waals surface area contributed by atoms with Crippen LogP contribution in [-0.4, -0.2) is 43.0 Å². The van der Waals surface area contributed by atoms with Gasteiger partial charge in [0.25, 0.3) is 0 Å². The van der Waals surface area contributed by atoms with Crippen molar-refractivity contribution in [1.29, 1.82) is 0 Å². The van der Waals surface area contributed by atoms with Crippen molar-refractivity contribution in [1.82, 2.24) is 4.90 Å². The summed E-state index contributed by atoms with van der Waals surface area (Å²) in [6, 6.07) is 3.51. The predicted octanol–water partition coefficient (Wildman–Crippen LogP) is 2.46. The van der Waals surface area contributed by atoms with Gasteiger partial charge in [0.05, 0.1) is 19.5 Å². The third-order valence-corrected chi connectivity index (χ3v) is 3.19. The van der Waals surface area contributed by atoms with Gasteiger partial charge in [-0.25, -0.2) is 0 Å². The predicted molar refractivity (Wildman–Crippen MR) is 71.9 cm³/mol. The Hall–Kier alpha value is -0.910. The Morgan fingerprint density at radius 2 is 2.44 bits per heavy atom. The molecule has 1 aromatic rings. The van der Waals surface area contributed by atoms with E-state index in [0.717, 1.165) is 17.6 Å². The minimum Gasteiger partial charge on any atom is -0.461 e. The van der Waals surface area contributed by atoms with E-state index in [1.807, 2.05) is 0 Å². The second-order valence-corrected chi connectivity index (χ2v) is 5.44. The summed E-state index contributed by atoms with van der Waals surface area (Å²) in [5.74, 6) is 0.430. The third-order valence-electron chi connectivity index (χ3n) is 2.94. The number of Topliss-reactive ketones (excluding diaryl/α,β-unsaturated/α-hetero) is 1. The smallest absolute Gasteiger partial charge is 0.199 e. The molecule has 1 aliphatic rings. The number of halogens is 1. The van der Waals surface area contributed by atoms with Gasteiger partial charge in [-0.1, -0.05) is 22.5 Å². The van der Waals surface area contributed by atoms with Crippen LogP contribution in [0.15, 0.2) is 33.9 Å². The maximum Gasteiger partial charge on any atom is 0.199 e. The van der Waals surface area contributed by atoms with E-state index >= 15 is 0 Å². The van der Waals surface area contributed by atoms with Crippen molar-refractivity contribution >= 4 is 21.7 Å². The summed E-state index contributed by atoms with van der Waals surface area (Å²) in [6.45, 7) is 6.68. The Bertz CT molecular complexity index is 416. The number of carbonyl (C=O) groups is 1. The topological polar surface area (TPSA) is 42.7 Å². The number of hydrogen-bond donors (Lipinski definition) is 0. The molecule has 2 rings (SSSR count). The number of carbonyl (C=O) groups excluding carboxylic acids is 1. The van der Waals surface area contributed by atoms with Crippen molar-refractivity contribution < 1.29 is 13.9 Å². The summed E-state index contributed by atoms with van der Waals surface area (Å²) in [5, 5.41) is 0. The van der Waals surface area contributed by atoms with Crippen LogP contribution in [0, 0.1) is 0 Å². The lowest BCUT2D eigenvalue weighted by Crippen LogP contribution is -2.46. The molecule has 0 N–H and O–H groups in total. The maximum absolute atomic E-state index is 12.0. The molecule has 0 bridgehead atoms. The van der Waals surface area contributed by atoms with Gasteiger partial charge in [-0.15, -0.1) is 0 Å². The van der Waals surface area contributed by atoms with Crippen molar-refractivity contribution in [2.75, 3.05) is 26.3 Å².